The van der Waals surface area contributed by atoms with Gasteiger partial charge in [0.2, 0.25) is 5.91 Å². The third-order valence-corrected chi connectivity index (χ3v) is 4.50. The molecular formula is C19H20F2N4O2. The summed E-state index contributed by atoms with van der Waals surface area (Å²) < 4.78 is 26.9. The standard InChI is InChI=1S/C19H20F2N4O2/c1-24(17-6-2-3-9-22-17)19(27)23-16-5-4-10-25(18(16)26)12-13-7-8-14(20)11-15(13)21/h2-3,6-9,11,16H,4-5,10,12H2,1H3,(H,23,27). The van der Waals surface area contributed by atoms with Crippen LogP contribution in [0.5, 0.6) is 0 Å². The van der Waals surface area contributed by atoms with Crippen molar-refractivity contribution >= 4 is 17.8 Å². The number of nitrogens with one attached hydrogen (secondary N) is 1. The fourth-order valence-electron chi connectivity index (χ4n) is 2.99. The Morgan fingerprint density at radius 3 is 2.85 bits per heavy atom. The van der Waals surface area contributed by atoms with Gasteiger partial charge in [-0.1, -0.05) is 12.1 Å². The van der Waals surface area contributed by atoms with Crippen LogP contribution in [-0.2, 0) is 11.3 Å². The Kier molecular flexibility index (Phi) is 5.63. The van der Waals surface area contributed by atoms with Crippen LogP contribution in [0.2, 0.25) is 0 Å². The molecule has 1 N–H and O–H groups in total. The number of pyridine rings is 1. The first-order valence-electron chi connectivity index (χ1n) is 8.63. The minimum absolute atomic E-state index is 0.0351. The Morgan fingerprint density at radius 2 is 2.15 bits per heavy atom. The Bertz CT molecular complexity index is 832. The number of anilines is 1. The molecule has 0 saturated carbocycles. The van der Waals surface area contributed by atoms with Crippen molar-refractivity contribution in [3.63, 3.8) is 0 Å². The number of aromatic nitrogens is 1. The lowest BCUT2D eigenvalue weighted by molar-refractivity contribution is -0.136. The molecule has 1 atom stereocenters. The van der Waals surface area contributed by atoms with Gasteiger partial charge < -0.3 is 10.2 Å². The van der Waals surface area contributed by atoms with Gasteiger partial charge in [-0.25, -0.2) is 18.6 Å². The molecule has 1 aliphatic heterocycles. The van der Waals surface area contributed by atoms with Crippen molar-refractivity contribution in [2.75, 3.05) is 18.5 Å². The third kappa shape index (κ3) is 4.39. The molecule has 8 heteroatoms. The minimum Gasteiger partial charge on any atom is -0.336 e. The first-order chi connectivity index (χ1) is 13.0. The molecule has 0 aliphatic carbocycles. The second-order valence-electron chi connectivity index (χ2n) is 6.39. The Hall–Kier alpha value is -3.03. The Morgan fingerprint density at radius 1 is 1.33 bits per heavy atom. The first-order valence-corrected chi connectivity index (χ1v) is 8.63. The molecule has 1 aromatic carbocycles. The highest BCUT2D eigenvalue weighted by molar-refractivity contribution is 5.94. The van der Waals surface area contributed by atoms with Gasteiger partial charge in [0.15, 0.2) is 0 Å². The normalized spacial score (nSPS) is 16.9. The predicted molar refractivity (Wildman–Crippen MR) is 96.0 cm³/mol. The van der Waals surface area contributed by atoms with Crippen LogP contribution >= 0.6 is 0 Å². The van der Waals surface area contributed by atoms with Gasteiger partial charge in [0, 0.05) is 38.0 Å². The van der Waals surface area contributed by atoms with E-state index in [0.29, 0.717) is 25.2 Å². The van der Waals surface area contributed by atoms with Crippen LogP contribution in [0.25, 0.3) is 0 Å². The maximum atomic E-state index is 13.9. The van der Waals surface area contributed by atoms with Crippen LogP contribution in [0.1, 0.15) is 18.4 Å². The number of piperidine rings is 1. The van der Waals surface area contributed by atoms with Crippen molar-refractivity contribution in [3.05, 3.63) is 59.8 Å². The molecule has 3 rings (SSSR count). The molecule has 1 fully saturated rings. The fraction of sp³-hybridized carbons (Fsp3) is 0.316. The summed E-state index contributed by atoms with van der Waals surface area (Å²) in [5.41, 5.74) is 0.238. The Labute approximate surface area is 155 Å². The van der Waals surface area contributed by atoms with E-state index in [-0.39, 0.29) is 18.0 Å². The second kappa shape index (κ2) is 8.11. The molecule has 2 aromatic rings. The van der Waals surface area contributed by atoms with Gasteiger partial charge in [-0.3, -0.25) is 9.69 Å². The lowest BCUT2D eigenvalue weighted by Gasteiger charge is -2.33. The lowest BCUT2D eigenvalue weighted by Crippen LogP contribution is -2.54. The molecule has 6 nitrogen and oxygen atoms in total. The number of carbonyl (C=O) groups is 2. The van der Waals surface area contributed by atoms with E-state index >= 15 is 0 Å². The smallest absolute Gasteiger partial charge is 0.323 e. The highest BCUT2D eigenvalue weighted by Crippen LogP contribution is 2.18. The molecular weight excluding hydrogens is 354 g/mol. The quantitative estimate of drug-likeness (QED) is 0.895. The number of rotatable bonds is 4. The van der Waals surface area contributed by atoms with Gasteiger partial charge in [0.1, 0.15) is 23.5 Å². The van der Waals surface area contributed by atoms with Crippen LogP contribution in [0.15, 0.2) is 42.6 Å². The zero-order valence-corrected chi connectivity index (χ0v) is 14.9. The largest absolute Gasteiger partial charge is 0.336 e. The van der Waals surface area contributed by atoms with Crippen molar-refractivity contribution in [2.24, 2.45) is 0 Å². The highest BCUT2D eigenvalue weighted by Gasteiger charge is 2.31. The Balaban J connectivity index is 1.65. The zero-order chi connectivity index (χ0) is 19.4. The molecule has 1 unspecified atom stereocenters. The average Bonchev–Trinajstić information content (AvgIpc) is 2.67. The number of benzene rings is 1. The number of halogens is 2. The van der Waals surface area contributed by atoms with Gasteiger partial charge in [0.25, 0.3) is 0 Å². The molecule has 3 amide bonds. The number of urea groups is 1. The van der Waals surface area contributed by atoms with Crippen LogP contribution in [-0.4, -0.2) is 41.5 Å². The van der Waals surface area contributed by atoms with Gasteiger partial charge in [0.05, 0.1) is 0 Å². The van der Waals surface area contributed by atoms with Crippen molar-refractivity contribution in [2.45, 2.75) is 25.4 Å². The van der Waals surface area contributed by atoms with Gasteiger partial charge in [-0.15, -0.1) is 0 Å². The summed E-state index contributed by atoms with van der Waals surface area (Å²) in [5.74, 6) is -1.18. The minimum atomic E-state index is -0.694. The zero-order valence-electron chi connectivity index (χ0n) is 14.9. The summed E-state index contributed by atoms with van der Waals surface area (Å²) in [4.78, 5) is 32.0. The van der Waals surface area contributed by atoms with E-state index in [1.807, 2.05) is 0 Å². The van der Waals surface area contributed by atoms with E-state index in [4.69, 9.17) is 0 Å². The monoisotopic (exact) mass is 374 g/mol. The lowest BCUT2D eigenvalue weighted by atomic mass is 10.0. The van der Waals surface area contributed by atoms with E-state index in [9.17, 15) is 18.4 Å². The van der Waals surface area contributed by atoms with Crippen LogP contribution < -0.4 is 10.2 Å². The van der Waals surface area contributed by atoms with Gasteiger partial charge >= 0.3 is 6.03 Å². The van der Waals surface area contributed by atoms with Crippen molar-refractivity contribution in [1.82, 2.24) is 15.2 Å². The molecule has 0 spiro atoms. The number of nitrogens with zero attached hydrogens (tertiary/aromatic N) is 3. The van der Waals surface area contributed by atoms with Crippen LogP contribution in [0.3, 0.4) is 0 Å². The molecule has 0 bridgehead atoms. The third-order valence-electron chi connectivity index (χ3n) is 4.50. The van der Waals surface area contributed by atoms with Crippen molar-refractivity contribution in [1.29, 1.82) is 0 Å². The van der Waals surface area contributed by atoms with Crippen molar-refractivity contribution < 1.29 is 18.4 Å². The summed E-state index contributed by atoms with van der Waals surface area (Å²) in [5, 5.41) is 2.71. The van der Waals surface area contributed by atoms with E-state index in [2.05, 4.69) is 10.3 Å². The first kappa shape index (κ1) is 18.8. The van der Waals surface area contributed by atoms with E-state index in [1.54, 1.807) is 31.4 Å². The molecule has 0 radical (unpaired) electrons. The number of carbonyl (C=O) groups excluding carboxylic acids is 2. The van der Waals surface area contributed by atoms with Crippen LogP contribution in [0, 0.1) is 11.6 Å². The van der Waals surface area contributed by atoms with Gasteiger partial charge in [-0.05, 0) is 31.0 Å². The van der Waals surface area contributed by atoms with Crippen LogP contribution in [0.4, 0.5) is 19.4 Å². The SMILES string of the molecule is CN(C(=O)NC1CCCN(Cc2ccc(F)cc2F)C1=O)c1ccccn1. The van der Waals surface area contributed by atoms with Crippen molar-refractivity contribution in [3.8, 4) is 0 Å². The topological polar surface area (TPSA) is 65.5 Å². The number of amides is 3. The molecule has 1 aliphatic rings. The van der Waals surface area contributed by atoms with E-state index in [1.165, 1.54) is 15.9 Å². The van der Waals surface area contributed by atoms with E-state index in [0.717, 1.165) is 12.1 Å². The maximum absolute atomic E-state index is 13.9. The average molecular weight is 374 g/mol. The summed E-state index contributed by atoms with van der Waals surface area (Å²) in [6.45, 7) is 0.492. The maximum Gasteiger partial charge on any atom is 0.323 e. The summed E-state index contributed by atoms with van der Waals surface area (Å²) in [6, 6.07) is 7.34. The predicted octanol–water partition coefficient (Wildman–Crippen LogP) is 2.70. The molecule has 1 aromatic heterocycles. The van der Waals surface area contributed by atoms with E-state index < -0.39 is 23.7 Å². The second-order valence-corrected chi connectivity index (χ2v) is 6.39. The van der Waals surface area contributed by atoms with Gasteiger partial charge in [-0.2, -0.15) is 0 Å². The summed E-state index contributed by atoms with van der Waals surface area (Å²) in [6.07, 6.45) is 2.75. The number of hydrogen-bond acceptors (Lipinski definition) is 3. The fourth-order valence-corrected chi connectivity index (χ4v) is 2.99. The molecule has 142 valence electrons. The number of hydrogen-bond donors (Lipinski definition) is 1. The molecule has 27 heavy (non-hydrogen) atoms. The molecule has 2 heterocycles. The molecule has 1 saturated heterocycles. The summed E-state index contributed by atoms with van der Waals surface area (Å²) in [7, 11) is 1.57. The highest BCUT2D eigenvalue weighted by atomic mass is 19.1. The summed E-state index contributed by atoms with van der Waals surface area (Å²) >= 11 is 0. The number of likely N-dealkylation sites (tertiary alicyclic amines) is 1.